The molecule has 0 unspecified atom stereocenters. The number of aromatic nitrogens is 1. The molecule has 1 N–H and O–H groups in total. The van der Waals surface area contributed by atoms with Gasteiger partial charge < -0.3 is 5.11 Å². The van der Waals surface area contributed by atoms with Crippen molar-refractivity contribution in [2.24, 2.45) is 0 Å². The summed E-state index contributed by atoms with van der Waals surface area (Å²) >= 11 is 0. The Morgan fingerprint density at radius 2 is 2.00 bits per heavy atom. The fourth-order valence-electron chi connectivity index (χ4n) is 1.59. The highest BCUT2D eigenvalue weighted by Gasteiger charge is 2.14. The maximum atomic E-state index is 11.3. The molecule has 0 amide bonds. The molecule has 0 bridgehead atoms. The highest BCUT2D eigenvalue weighted by Crippen LogP contribution is 2.18. The Kier molecular flexibility index (Phi) is 2.40. The number of rotatable bonds is 2. The number of ketones is 1. The first-order valence-corrected chi connectivity index (χ1v) is 4.71. The van der Waals surface area contributed by atoms with Crippen molar-refractivity contribution in [2.75, 3.05) is 0 Å². The molecule has 4 heteroatoms. The molecule has 0 radical (unpaired) electrons. The molecule has 16 heavy (non-hydrogen) atoms. The van der Waals surface area contributed by atoms with Crippen LogP contribution >= 0.6 is 0 Å². The molecule has 0 atom stereocenters. The lowest BCUT2D eigenvalue weighted by molar-refractivity contribution is -0.131. The van der Waals surface area contributed by atoms with Gasteiger partial charge in [-0.05, 0) is 23.9 Å². The average Bonchev–Trinajstić information content (AvgIpc) is 2.28. The second-order valence-electron chi connectivity index (χ2n) is 3.53. The van der Waals surface area contributed by atoms with Crippen LogP contribution in [-0.4, -0.2) is 21.8 Å². The minimum Gasteiger partial charge on any atom is -0.475 e. The zero-order valence-electron chi connectivity index (χ0n) is 8.60. The van der Waals surface area contributed by atoms with Crippen molar-refractivity contribution in [2.45, 2.75) is 6.92 Å². The Morgan fingerprint density at radius 1 is 1.25 bits per heavy atom. The zero-order valence-corrected chi connectivity index (χ0v) is 8.60. The van der Waals surface area contributed by atoms with Gasteiger partial charge in [0.05, 0.1) is 0 Å². The Balaban J connectivity index is 2.61. The van der Waals surface area contributed by atoms with Gasteiger partial charge in [-0.15, -0.1) is 0 Å². The number of aliphatic carboxylic acids is 1. The molecular formula is C12H9NO3. The fraction of sp³-hybridized carbons (Fsp3) is 0.0833. The summed E-state index contributed by atoms with van der Waals surface area (Å²) in [7, 11) is 0. The summed E-state index contributed by atoms with van der Waals surface area (Å²) in [5, 5.41) is 10.3. The molecular weight excluding hydrogens is 206 g/mol. The number of nitrogens with zero attached hydrogens (tertiary/aromatic N) is 1. The standard InChI is InChI=1S/C12H9NO3/c1-7-5-13-6-9-4-8(2-3-10(7)9)11(14)12(15)16/h2-6H,1H3,(H,15,16). The topological polar surface area (TPSA) is 67.3 Å². The number of carboxylic acids is 1. The van der Waals surface area contributed by atoms with Crippen molar-refractivity contribution >= 4 is 22.5 Å². The van der Waals surface area contributed by atoms with Crippen LogP contribution in [0.1, 0.15) is 15.9 Å². The average molecular weight is 215 g/mol. The lowest BCUT2D eigenvalue weighted by Gasteiger charge is -2.02. The van der Waals surface area contributed by atoms with Crippen LogP contribution in [0.5, 0.6) is 0 Å². The number of carbonyl (C=O) groups excluding carboxylic acids is 1. The van der Waals surface area contributed by atoms with Gasteiger partial charge in [-0.25, -0.2) is 4.79 Å². The number of hydrogen-bond donors (Lipinski definition) is 1. The molecule has 1 aromatic heterocycles. The lowest BCUT2D eigenvalue weighted by Crippen LogP contribution is -2.12. The van der Waals surface area contributed by atoms with Crippen LogP contribution < -0.4 is 0 Å². The van der Waals surface area contributed by atoms with Crippen LogP contribution in [-0.2, 0) is 4.79 Å². The molecule has 2 rings (SSSR count). The van der Waals surface area contributed by atoms with Crippen LogP contribution in [0.4, 0.5) is 0 Å². The summed E-state index contributed by atoms with van der Waals surface area (Å²) in [4.78, 5) is 25.8. The molecule has 4 nitrogen and oxygen atoms in total. The van der Waals surface area contributed by atoms with E-state index in [1.165, 1.54) is 6.07 Å². The van der Waals surface area contributed by atoms with E-state index in [1.807, 2.05) is 6.92 Å². The molecule has 0 saturated carbocycles. The van der Waals surface area contributed by atoms with Gasteiger partial charge >= 0.3 is 5.97 Å². The van der Waals surface area contributed by atoms with Crippen molar-refractivity contribution in [3.05, 3.63) is 41.7 Å². The maximum absolute atomic E-state index is 11.3. The fourth-order valence-corrected chi connectivity index (χ4v) is 1.59. The molecule has 1 heterocycles. The van der Waals surface area contributed by atoms with E-state index in [9.17, 15) is 9.59 Å². The van der Waals surface area contributed by atoms with Gasteiger partial charge in [-0.2, -0.15) is 0 Å². The van der Waals surface area contributed by atoms with Crippen LogP contribution in [0, 0.1) is 6.92 Å². The number of fused-ring (bicyclic) bond motifs is 1. The number of Topliss-reactive ketones (excluding diaryl/α,β-unsaturated/α-hetero) is 1. The van der Waals surface area contributed by atoms with Gasteiger partial charge in [-0.3, -0.25) is 9.78 Å². The van der Waals surface area contributed by atoms with E-state index in [2.05, 4.69) is 4.98 Å². The summed E-state index contributed by atoms with van der Waals surface area (Å²) in [5.74, 6) is -2.34. The second kappa shape index (κ2) is 3.73. The molecule has 2 aromatic rings. The summed E-state index contributed by atoms with van der Waals surface area (Å²) < 4.78 is 0. The van der Waals surface area contributed by atoms with E-state index >= 15 is 0 Å². The second-order valence-corrected chi connectivity index (χ2v) is 3.53. The normalized spacial score (nSPS) is 10.3. The summed E-state index contributed by atoms with van der Waals surface area (Å²) in [6, 6.07) is 4.81. The number of carbonyl (C=O) groups is 2. The summed E-state index contributed by atoms with van der Waals surface area (Å²) in [5.41, 5.74) is 1.17. The van der Waals surface area contributed by atoms with Crippen molar-refractivity contribution in [1.29, 1.82) is 0 Å². The first-order chi connectivity index (χ1) is 7.59. The van der Waals surface area contributed by atoms with E-state index in [1.54, 1.807) is 24.5 Å². The molecule has 0 aliphatic heterocycles. The monoisotopic (exact) mass is 215 g/mol. The van der Waals surface area contributed by atoms with E-state index in [4.69, 9.17) is 5.11 Å². The first kappa shape index (κ1) is 10.3. The molecule has 0 aliphatic rings. The smallest absolute Gasteiger partial charge is 0.377 e. The maximum Gasteiger partial charge on any atom is 0.377 e. The third kappa shape index (κ3) is 1.65. The van der Waals surface area contributed by atoms with Crippen LogP contribution in [0.25, 0.3) is 10.8 Å². The van der Waals surface area contributed by atoms with Gasteiger partial charge in [0.25, 0.3) is 5.78 Å². The van der Waals surface area contributed by atoms with Gasteiger partial charge in [0.2, 0.25) is 0 Å². The molecule has 1 aromatic carbocycles. The number of carboxylic acid groups (broad SMARTS) is 1. The highest BCUT2D eigenvalue weighted by molar-refractivity contribution is 6.40. The zero-order chi connectivity index (χ0) is 11.7. The van der Waals surface area contributed by atoms with E-state index in [-0.39, 0.29) is 5.56 Å². The van der Waals surface area contributed by atoms with Gasteiger partial charge in [-0.1, -0.05) is 12.1 Å². The lowest BCUT2D eigenvalue weighted by atomic mass is 10.0. The Morgan fingerprint density at radius 3 is 2.69 bits per heavy atom. The van der Waals surface area contributed by atoms with Gasteiger partial charge in [0.1, 0.15) is 0 Å². The van der Waals surface area contributed by atoms with E-state index in [0.717, 1.165) is 16.3 Å². The van der Waals surface area contributed by atoms with E-state index in [0.29, 0.717) is 0 Å². The van der Waals surface area contributed by atoms with Crippen molar-refractivity contribution in [3.8, 4) is 0 Å². The molecule has 0 aliphatic carbocycles. The van der Waals surface area contributed by atoms with Gasteiger partial charge in [0, 0.05) is 23.3 Å². The molecule has 0 fully saturated rings. The largest absolute Gasteiger partial charge is 0.475 e. The van der Waals surface area contributed by atoms with E-state index < -0.39 is 11.8 Å². The first-order valence-electron chi connectivity index (χ1n) is 4.71. The predicted molar refractivity (Wildman–Crippen MR) is 58.4 cm³/mol. The number of hydrogen-bond acceptors (Lipinski definition) is 3. The quantitative estimate of drug-likeness (QED) is 0.612. The number of pyridine rings is 1. The minimum absolute atomic E-state index is 0.174. The molecule has 0 saturated heterocycles. The van der Waals surface area contributed by atoms with Crippen LogP contribution in [0.15, 0.2) is 30.6 Å². The van der Waals surface area contributed by atoms with Crippen LogP contribution in [0.3, 0.4) is 0 Å². The summed E-state index contributed by atoms with van der Waals surface area (Å²) in [6.45, 7) is 1.91. The van der Waals surface area contributed by atoms with Crippen molar-refractivity contribution < 1.29 is 14.7 Å². The number of benzene rings is 1. The highest BCUT2D eigenvalue weighted by atomic mass is 16.4. The van der Waals surface area contributed by atoms with Gasteiger partial charge in [0.15, 0.2) is 0 Å². The summed E-state index contributed by atoms with van der Waals surface area (Å²) in [6.07, 6.45) is 3.34. The molecule has 0 spiro atoms. The SMILES string of the molecule is Cc1cncc2cc(C(=O)C(=O)O)ccc12. The Hall–Kier alpha value is -2.23. The van der Waals surface area contributed by atoms with Crippen molar-refractivity contribution in [3.63, 3.8) is 0 Å². The minimum atomic E-state index is -1.44. The Labute approximate surface area is 91.5 Å². The predicted octanol–water partition coefficient (Wildman–Crippen LogP) is 1.81. The molecule has 80 valence electrons. The third-order valence-corrected chi connectivity index (χ3v) is 2.41. The number of aryl methyl sites for hydroxylation is 1. The van der Waals surface area contributed by atoms with Crippen LogP contribution in [0.2, 0.25) is 0 Å². The third-order valence-electron chi connectivity index (χ3n) is 2.41. The Bertz CT molecular complexity index is 590. The van der Waals surface area contributed by atoms with Crippen molar-refractivity contribution in [1.82, 2.24) is 4.98 Å².